The molecule has 0 amide bonds. The lowest BCUT2D eigenvalue weighted by atomic mass is 9.72. The monoisotopic (exact) mass is 304 g/mol. The molecule has 0 heterocycles. The minimum absolute atomic E-state index is 0.320. The first kappa shape index (κ1) is 17.7. The molecule has 0 saturated heterocycles. The van der Waals surface area contributed by atoms with E-state index in [1.54, 1.807) is 0 Å². The molecule has 126 valence electrons. The van der Waals surface area contributed by atoms with E-state index in [2.05, 4.69) is 43.7 Å². The first-order chi connectivity index (χ1) is 10.5. The van der Waals surface area contributed by atoms with Crippen LogP contribution in [0.4, 0.5) is 0 Å². The van der Waals surface area contributed by atoms with Gasteiger partial charge in [0, 0.05) is 0 Å². The van der Waals surface area contributed by atoms with Gasteiger partial charge in [0.2, 0.25) is 0 Å². The van der Waals surface area contributed by atoms with Crippen molar-refractivity contribution in [2.24, 2.45) is 33.7 Å². The molecule has 2 saturated carbocycles. The lowest BCUT2D eigenvalue weighted by Crippen LogP contribution is -2.23. The Morgan fingerprint density at radius 2 is 1.36 bits per heavy atom. The molecule has 22 heavy (non-hydrogen) atoms. The molecule has 0 aromatic rings. The van der Waals surface area contributed by atoms with E-state index in [1.165, 1.54) is 57.8 Å². The molecule has 0 aliphatic heterocycles. The SMILES string of the molecule is CC(C)N=C=NC1CCC(CC2CCC(C(C)C)CC2)CC1. The van der Waals surface area contributed by atoms with Crippen molar-refractivity contribution in [3.63, 3.8) is 0 Å². The third-order valence-electron chi connectivity index (χ3n) is 5.87. The number of hydrogen-bond donors (Lipinski definition) is 0. The molecule has 0 spiro atoms. The van der Waals surface area contributed by atoms with Crippen molar-refractivity contribution in [2.75, 3.05) is 0 Å². The van der Waals surface area contributed by atoms with Crippen LogP contribution in [0.25, 0.3) is 0 Å². The van der Waals surface area contributed by atoms with E-state index in [0.29, 0.717) is 12.1 Å². The van der Waals surface area contributed by atoms with Crippen LogP contribution in [-0.2, 0) is 0 Å². The van der Waals surface area contributed by atoms with Crippen LogP contribution < -0.4 is 0 Å². The van der Waals surface area contributed by atoms with Crippen LogP contribution in [0, 0.1) is 23.7 Å². The fourth-order valence-corrected chi connectivity index (χ4v) is 4.30. The van der Waals surface area contributed by atoms with Gasteiger partial charge in [-0.25, -0.2) is 9.98 Å². The summed E-state index contributed by atoms with van der Waals surface area (Å²) in [7, 11) is 0. The van der Waals surface area contributed by atoms with Crippen molar-refractivity contribution in [3.8, 4) is 0 Å². The summed E-state index contributed by atoms with van der Waals surface area (Å²) in [5.74, 6) is 3.87. The van der Waals surface area contributed by atoms with Crippen LogP contribution in [0.3, 0.4) is 0 Å². The molecule has 0 radical (unpaired) electrons. The third kappa shape index (κ3) is 5.88. The number of aliphatic imine (C=N–C) groups is 2. The zero-order valence-electron chi connectivity index (χ0n) is 15.2. The van der Waals surface area contributed by atoms with Gasteiger partial charge in [-0.3, -0.25) is 0 Å². The molecular weight excluding hydrogens is 268 g/mol. The maximum Gasteiger partial charge on any atom is 0.0898 e. The summed E-state index contributed by atoms with van der Waals surface area (Å²) in [5.41, 5.74) is 0. The number of hydrogen-bond acceptors (Lipinski definition) is 2. The largest absolute Gasteiger partial charge is 0.223 e. The van der Waals surface area contributed by atoms with Gasteiger partial charge in [-0.15, -0.1) is 0 Å². The lowest BCUT2D eigenvalue weighted by molar-refractivity contribution is 0.182. The molecule has 0 atom stereocenters. The molecule has 0 bridgehead atoms. The molecule has 0 aromatic carbocycles. The van der Waals surface area contributed by atoms with Gasteiger partial charge >= 0.3 is 0 Å². The van der Waals surface area contributed by atoms with E-state index in [9.17, 15) is 0 Å². The zero-order valence-corrected chi connectivity index (χ0v) is 15.2. The maximum absolute atomic E-state index is 4.52. The summed E-state index contributed by atoms with van der Waals surface area (Å²) < 4.78 is 0. The van der Waals surface area contributed by atoms with Crippen LogP contribution in [-0.4, -0.2) is 18.1 Å². The average Bonchev–Trinajstić information content (AvgIpc) is 2.49. The highest BCUT2D eigenvalue weighted by Gasteiger charge is 2.27. The minimum atomic E-state index is 0.320. The van der Waals surface area contributed by atoms with Gasteiger partial charge in [0.1, 0.15) is 0 Å². The molecule has 2 heteroatoms. The van der Waals surface area contributed by atoms with Gasteiger partial charge in [-0.05, 0) is 82.5 Å². The fraction of sp³-hybridized carbons (Fsp3) is 0.950. The summed E-state index contributed by atoms with van der Waals surface area (Å²) in [4.78, 5) is 8.75. The van der Waals surface area contributed by atoms with Crippen LogP contribution in [0.2, 0.25) is 0 Å². The van der Waals surface area contributed by atoms with Gasteiger partial charge in [-0.1, -0.05) is 26.7 Å². The minimum Gasteiger partial charge on any atom is -0.223 e. The van der Waals surface area contributed by atoms with Crippen LogP contribution in [0.1, 0.15) is 85.5 Å². The van der Waals surface area contributed by atoms with Gasteiger partial charge in [0.15, 0.2) is 0 Å². The van der Waals surface area contributed by atoms with Gasteiger partial charge in [0.25, 0.3) is 0 Å². The number of rotatable bonds is 5. The van der Waals surface area contributed by atoms with Crippen LogP contribution in [0.5, 0.6) is 0 Å². The first-order valence-corrected chi connectivity index (χ1v) is 9.69. The zero-order chi connectivity index (χ0) is 15.9. The Kier molecular flexibility index (Phi) is 7.15. The van der Waals surface area contributed by atoms with Gasteiger partial charge < -0.3 is 0 Å². The second kappa shape index (κ2) is 8.87. The molecule has 2 nitrogen and oxygen atoms in total. The van der Waals surface area contributed by atoms with E-state index in [4.69, 9.17) is 0 Å². The van der Waals surface area contributed by atoms with E-state index in [1.807, 2.05) is 0 Å². The molecule has 2 aliphatic rings. The van der Waals surface area contributed by atoms with E-state index < -0.39 is 0 Å². The average molecular weight is 305 g/mol. The molecule has 2 fully saturated rings. The Bertz CT molecular complexity index is 363. The Labute approximate surface area is 137 Å². The van der Waals surface area contributed by atoms with Crippen molar-refractivity contribution >= 4 is 6.01 Å². The maximum atomic E-state index is 4.52. The van der Waals surface area contributed by atoms with E-state index in [-0.39, 0.29) is 0 Å². The molecule has 0 unspecified atom stereocenters. The topological polar surface area (TPSA) is 24.7 Å². The normalized spacial score (nSPS) is 32.8. The second-order valence-corrected chi connectivity index (χ2v) is 8.39. The predicted molar refractivity (Wildman–Crippen MR) is 95.6 cm³/mol. The van der Waals surface area contributed by atoms with Crippen molar-refractivity contribution in [2.45, 2.75) is 97.6 Å². The highest BCUT2D eigenvalue weighted by atomic mass is 14.9. The molecule has 0 N–H and O–H groups in total. The van der Waals surface area contributed by atoms with Crippen molar-refractivity contribution in [3.05, 3.63) is 0 Å². The third-order valence-corrected chi connectivity index (χ3v) is 5.87. The number of nitrogens with zero attached hydrogens (tertiary/aromatic N) is 2. The highest BCUT2D eigenvalue weighted by molar-refractivity contribution is 5.41. The first-order valence-electron chi connectivity index (χ1n) is 9.69. The Morgan fingerprint density at radius 3 is 1.86 bits per heavy atom. The molecule has 2 aliphatic carbocycles. The van der Waals surface area contributed by atoms with Crippen LogP contribution >= 0.6 is 0 Å². The summed E-state index contributed by atoms with van der Waals surface area (Å²) >= 11 is 0. The van der Waals surface area contributed by atoms with E-state index >= 15 is 0 Å². The molecular formula is C20H36N2. The van der Waals surface area contributed by atoms with Crippen molar-refractivity contribution in [1.29, 1.82) is 0 Å². The summed E-state index contributed by atoms with van der Waals surface area (Å²) in [6, 6.07) is 3.73. The summed E-state index contributed by atoms with van der Waals surface area (Å²) in [6.45, 7) is 8.95. The van der Waals surface area contributed by atoms with Crippen molar-refractivity contribution in [1.82, 2.24) is 0 Å². The van der Waals surface area contributed by atoms with Gasteiger partial charge in [0.05, 0.1) is 18.1 Å². The molecule has 0 aromatic heterocycles. The van der Waals surface area contributed by atoms with Crippen molar-refractivity contribution < 1.29 is 0 Å². The summed E-state index contributed by atoms with van der Waals surface area (Å²) in [6.07, 6.45) is 12.7. The Hall–Kier alpha value is -0.620. The molecule has 2 rings (SSSR count). The summed E-state index contributed by atoms with van der Waals surface area (Å²) in [5, 5.41) is 0. The Balaban J connectivity index is 1.67. The Morgan fingerprint density at radius 1 is 0.818 bits per heavy atom. The van der Waals surface area contributed by atoms with Gasteiger partial charge in [-0.2, -0.15) is 0 Å². The standard InChI is InChI=1S/C20H36N2/c1-15(2)19-9-5-17(6-10-19)13-18-7-11-20(12-8-18)22-14-21-16(3)4/h15-20H,5-13H2,1-4H3. The highest BCUT2D eigenvalue weighted by Crippen LogP contribution is 2.39. The van der Waals surface area contributed by atoms with Crippen LogP contribution in [0.15, 0.2) is 9.98 Å². The quantitative estimate of drug-likeness (QED) is 0.558. The van der Waals surface area contributed by atoms with E-state index in [0.717, 1.165) is 23.7 Å². The lowest BCUT2D eigenvalue weighted by Gasteiger charge is -2.34. The fourth-order valence-electron chi connectivity index (χ4n) is 4.30. The second-order valence-electron chi connectivity index (χ2n) is 8.39. The smallest absolute Gasteiger partial charge is 0.0898 e. The predicted octanol–water partition coefficient (Wildman–Crippen LogP) is 5.98.